The fourth-order valence-corrected chi connectivity index (χ4v) is 2.47. The van der Waals surface area contributed by atoms with E-state index in [4.69, 9.17) is 4.74 Å². The molecule has 1 fully saturated rings. The van der Waals surface area contributed by atoms with E-state index in [2.05, 4.69) is 20.8 Å². The van der Waals surface area contributed by atoms with Crippen molar-refractivity contribution < 1.29 is 9.13 Å². The highest BCUT2D eigenvalue weighted by molar-refractivity contribution is 4.90. The lowest BCUT2D eigenvalue weighted by Gasteiger charge is -2.41. The number of alkyl halides is 1. The van der Waals surface area contributed by atoms with Crippen LogP contribution >= 0.6 is 0 Å². The third-order valence-electron chi connectivity index (χ3n) is 3.06. The molecule has 3 unspecified atom stereocenters. The zero-order chi connectivity index (χ0) is 10.1. The molecule has 0 radical (unpaired) electrons. The third-order valence-corrected chi connectivity index (χ3v) is 3.06. The van der Waals surface area contributed by atoms with Gasteiger partial charge in [-0.2, -0.15) is 0 Å². The number of halogens is 1. The molecule has 1 rings (SSSR count). The van der Waals surface area contributed by atoms with E-state index in [-0.39, 0.29) is 17.4 Å². The lowest BCUT2D eigenvalue weighted by Crippen LogP contribution is -2.43. The second-order valence-corrected chi connectivity index (χ2v) is 5.11. The molecule has 1 nitrogen and oxygen atoms in total. The molecule has 2 heteroatoms. The van der Waals surface area contributed by atoms with Crippen LogP contribution in [0.25, 0.3) is 0 Å². The molecule has 3 atom stereocenters. The van der Waals surface area contributed by atoms with Crippen molar-refractivity contribution in [3.05, 3.63) is 0 Å². The van der Waals surface area contributed by atoms with Gasteiger partial charge in [-0.25, -0.2) is 4.39 Å². The molecule has 1 aliphatic carbocycles. The molecular formula is C11H21FO. The maximum absolute atomic E-state index is 13.7. The van der Waals surface area contributed by atoms with Crippen LogP contribution in [0, 0.1) is 11.3 Å². The van der Waals surface area contributed by atoms with Crippen molar-refractivity contribution >= 4 is 0 Å². The molecule has 0 aliphatic heterocycles. The first-order chi connectivity index (χ1) is 5.96. The van der Waals surface area contributed by atoms with Crippen LogP contribution < -0.4 is 0 Å². The third kappa shape index (κ3) is 2.43. The highest BCUT2D eigenvalue weighted by atomic mass is 19.1. The molecule has 0 heterocycles. The summed E-state index contributed by atoms with van der Waals surface area (Å²) in [5, 5.41) is 0. The Bertz CT molecular complexity index is 162. The largest absolute Gasteiger partial charge is 0.381 e. The maximum atomic E-state index is 13.7. The van der Waals surface area contributed by atoms with Crippen LogP contribution in [0.15, 0.2) is 0 Å². The topological polar surface area (TPSA) is 9.23 Å². The Morgan fingerprint density at radius 2 is 1.85 bits per heavy atom. The fourth-order valence-electron chi connectivity index (χ4n) is 2.47. The highest BCUT2D eigenvalue weighted by Crippen LogP contribution is 2.40. The van der Waals surface area contributed by atoms with Crippen molar-refractivity contribution in [3.8, 4) is 0 Å². The van der Waals surface area contributed by atoms with Crippen LogP contribution in [0.5, 0.6) is 0 Å². The summed E-state index contributed by atoms with van der Waals surface area (Å²) in [5.41, 5.74) is 0.0144. The number of ether oxygens (including phenoxy) is 1. The summed E-state index contributed by atoms with van der Waals surface area (Å²) in [6, 6.07) is 0. The van der Waals surface area contributed by atoms with Gasteiger partial charge in [-0.1, -0.05) is 20.8 Å². The summed E-state index contributed by atoms with van der Waals surface area (Å²) < 4.78 is 19.1. The van der Waals surface area contributed by atoms with Crippen LogP contribution in [0.4, 0.5) is 4.39 Å². The second-order valence-electron chi connectivity index (χ2n) is 5.11. The zero-order valence-corrected chi connectivity index (χ0v) is 9.14. The number of hydrogen-bond donors (Lipinski definition) is 0. The van der Waals surface area contributed by atoms with Gasteiger partial charge in [0.15, 0.2) is 0 Å². The van der Waals surface area contributed by atoms with Crippen LogP contribution in [-0.2, 0) is 4.74 Å². The molecule has 1 saturated carbocycles. The minimum atomic E-state index is -0.682. The normalized spacial score (nSPS) is 36.2. The first-order valence-corrected chi connectivity index (χ1v) is 5.13. The van der Waals surface area contributed by atoms with E-state index < -0.39 is 6.17 Å². The minimum Gasteiger partial charge on any atom is -0.381 e. The van der Waals surface area contributed by atoms with Gasteiger partial charge in [-0.15, -0.1) is 0 Å². The molecule has 0 aromatic rings. The van der Waals surface area contributed by atoms with Gasteiger partial charge in [0.2, 0.25) is 0 Å². The predicted octanol–water partition coefficient (Wildman–Crippen LogP) is 3.19. The van der Waals surface area contributed by atoms with Gasteiger partial charge in [0.05, 0.1) is 6.10 Å². The summed E-state index contributed by atoms with van der Waals surface area (Å²) in [6.45, 7) is 6.30. The summed E-state index contributed by atoms with van der Waals surface area (Å²) in [5.74, 6) is 0.0613. The van der Waals surface area contributed by atoms with Crippen molar-refractivity contribution in [2.24, 2.45) is 11.3 Å². The lowest BCUT2D eigenvalue weighted by atomic mass is 9.69. The fraction of sp³-hybridized carbons (Fsp3) is 1.00. The molecular weight excluding hydrogens is 167 g/mol. The quantitative estimate of drug-likeness (QED) is 0.614. The molecule has 0 N–H and O–H groups in total. The van der Waals surface area contributed by atoms with E-state index in [1.807, 2.05) is 0 Å². The Kier molecular flexibility index (Phi) is 3.33. The van der Waals surface area contributed by atoms with E-state index in [0.717, 1.165) is 12.8 Å². The SMILES string of the molecule is COC1CCCC(F)C1C(C)(C)C. The molecule has 0 amide bonds. The average Bonchev–Trinajstić information content (AvgIpc) is 2.01. The van der Waals surface area contributed by atoms with E-state index >= 15 is 0 Å². The smallest absolute Gasteiger partial charge is 0.106 e. The van der Waals surface area contributed by atoms with Gasteiger partial charge in [0, 0.05) is 13.0 Å². The van der Waals surface area contributed by atoms with E-state index in [1.54, 1.807) is 7.11 Å². The molecule has 0 aromatic carbocycles. The molecule has 13 heavy (non-hydrogen) atoms. The van der Waals surface area contributed by atoms with Crippen LogP contribution in [0.2, 0.25) is 0 Å². The van der Waals surface area contributed by atoms with Gasteiger partial charge in [0.1, 0.15) is 6.17 Å². The monoisotopic (exact) mass is 188 g/mol. The molecule has 0 saturated heterocycles. The summed E-state index contributed by atoms with van der Waals surface area (Å²) >= 11 is 0. The lowest BCUT2D eigenvalue weighted by molar-refractivity contribution is -0.0620. The minimum absolute atomic E-state index is 0.0144. The average molecular weight is 188 g/mol. The zero-order valence-electron chi connectivity index (χ0n) is 9.14. The van der Waals surface area contributed by atoms with Gasteiger partial charge >= 0.3 is 0 Å². The van der Waals surface area contributed by atoms with Crippen LogP contribution in [0.1, 0.15) is 40.0 Å². The molecule has 1 aliphatic rings. The first-order valence-electron chi connectivity index (χ1n) is 5.13. The summed E-state index contributed by atoms with van der Waals surface area (Å²) in [4.78, 5) is 0. The van der Waals surface area contributed by atoms with Gasteiger partial charge in [0.25, 0.3) is 0 Å². The van der Waals surface area contributed by atoms with Crippen LogP contribution in [-0.4, -0.2) is 19.4 Å². The Morgan fingerprint density at radius 3 is 2.23 bits per heavy atom. The number of hydrogen-bond acceptors (Lipinski definition) is 1. The van der Waals surface area contributed by atoms with E-state index in [1.165, 1.54) is 0 Å². The van der Waals surface area contributed by atoms with Gasteiger partial charge < -0.3 is 4.74 Å². The summed E-state index contributed by atoms with van der Waals surface area (Å²) in [6.07, 6.45) is 2.12. The molecule has 0 bridgehead atoms. The van der Waals surface area contributed by atoms with E-state index in [9.17, 15) is 4.39 Å². The van der Waals surface area contributed by atoms with Gasteiger partial charge in [-0.05, 0) is 24.7 Å². The second kappa shape index (κ2) is 3.95. The Morgan fingerprint density at radius 1 is 1.23 bits per heavy atom. The number of methoxy groups -OCH3 is 1. The molecule has 78 valence electrons. The highest BCUT2D eigenvalue weighted by Gasteiger charge is 2.41. The Labute approximate surface area is 80.7 Å². The first kappa shape index (κ1) is 11.0. The van der Waals surface area contributed by atoms with Crippen molar-refractivity contribution in [3.63, 3.8) is 0 Å². The van der Waals surface area contributed by atoms with Crippen molar-refractivity contribution in [1.29, 1.82) is 0 Å². The number of rotatable bonds is 1. The Hall–Kier alpha value is -0.110. The molecule has 0 spiro atoms. The van der Waals surface area contributed by atoms with E-state index in [0.29, 0.717) is 6.42 Å². The van der Waals surface area contributed by atoms with Crippen molar-refractivity contribution in [1.82, 2.24) is 0 Å². The predicted molar refractivity (Wildman–Crippen MR) is 52.5 cm³/mol. The van der Waals surface area contributed by atoms with Crippen LogP contribution in [0.3, 0.4) is 0 Å². The Balaban J connectivity index is 2.73. The van der Waals surface area contributed by atoms with Crippen molar-refractivity contribution in [2.75, 3.05) is 7.11 Å². The van der Waals surface area contributed by atoms with Gasteiger partial charge in [-0.3, -0.25) is 0 Å². The molecule has 0 aromatic heterocycles. The summed E-state index contributed by atoms with van der Waals surface area (Å²) in [7, 11) is 1.70. The standard InChI is InChI=1S/C11H21FO/c1-11(2,3)10-8(12)6-5-7-9(10)13-4/h8-10H,5-7H2,1-4H3. The maximum Gasteiger partial charge on any atom is 0.106 e. The van der Waals surface area contributed by atoms with Crippen molar-refractivity contribution in [2.45, 2.75) is 52.3 Å².